The second-order valence-corrected chi connectivity index (χ2v) is 4.60. The van der Waals surface area contributed by atoms with Crippen LogP contribution in [0.15, 0.2) is 41.0 Å². The molecule has 5 nitrogen and oxygen atoms in total. The van der Waals surface area contributed by atoms with Gasteiger partial charge in [0.2, 0.25) is 5.89 Å². The molecule has 1 aliphatic heterocycles. The van der Waals surface area contributed by atoms with E-state index in [0.29, 0.717) is 25.4 Å². The normalized spacial score (nSPS) is 18.8. The maximum Gasteiger partial charge on any atom is 0.275 e. The summed E-state index contributed by atoms with van der Waals surface area (Å²) in [4.78, 5) is 17.9. The van der Waals surface area contributed by atoms with Crippen LogP contribution in [0.1, 0.15) is 16.9 Å². The average molecular weight is 258 g/mol. The zero-order valence-corrected chi connectivity index (χ0v) is 10.3. The van der Waals surface area contributed by atoms with E-state index in [1.807, 2.05) is 30.3 Å². The number of oxazole rings is 1. The fraction of sp³-hybridized carbons (Fsp3) is 0.286. The number of β-amino-alcohol motifs (C(OH)–C–C–N with tert-alkyl or cyclic N) is 1. The SMILES string of the molecule is O=C(c1coc(-c2ccccc2)n1)N1CC[C@@H](O)C1. The maximum absolute atomic E-state index is 12.1. The van der Waals surface area contributed by atoms with E-state index in [1.165, 1.54) is 6.26 Å². The Hall–Kier alpha value is -2.14. The van der Waals surface area contributed by atoms with Gasteiger partial charge in [0.05, 0.1) is 6.10 Å². The molecule has 1 aromatic heterocycles. The number of nitrogens with zero attached hydrogens (tertiary/aromatic N) is 2. The van der Waals surface area contributed by atoms with Gasteiger partial charge in [0.1, 0.15) is 6.26 Å². The summed E-state index contributed by atoms with van der Waals surface area (Å²) >= 11 is 0. The first-order valence-electron chi connectivity index (χ1n) is 6.22. The van der Waals surface area contributed by atoms with Gasteiger partial charge in [0.15, 0.2) is 5.69 Å². The second-order valence-electron chi connectivity index (χ2n) is 4.60. The maximum atomic E-state index is 12.1. The van der Waals surface area contributed by atoms with Gasteiger partial charge in [-0.2, -0.15) is 0 Å². The van der Waals surface area contributed by atoms with Crippen molar-refractivity contribution in [1.82, 2.24) is 9.88 Å². The molecule has 19 heavy (non-hydrogen) atoms. The standard InChI is InChI=1S/C14H14N2O3/c17-11-6-7-16(8-11)14(18)12-9-19-13(15-12)10-4-2-1-3-5-10/h1-5,9,11,17H,6-8H2/t11-/m1/s1. The second kappa shape index (κ2) is 4.85. The van der Waals surface area contributed by atoms with Gasteiger partial charge in [-0.1, -0.05) is 18.2 Å². The Balaban J connectivity index is 1.80. The first kappa shape index (κ1) is 11.9. The van der Waals surface area contributed by atoms with Crippen molar-refractivity contribution >= 4 is 5.91 Å². The summed E-state index contributed by atoms with van der Waals surface area (Å²) in [7, 11) is 0. The Morgan fingerprint density at radius 2 is 2.16 bits per heavy atom. The van der Waals surface area contributed by atoms with E-state index in [0.717, 1.165) is 5.56 Å². The van der Waals surface area contributed by atoms with Gasteiger partial charge in [0.25, 0.3) is 5.91 Å². The number of carbonyl (C=O) groups is 1. The number of amides is 1. The molecule has 0 aliphatic carbocycles. The largest absolute Gasteiger partial charge is 0.444 e. The highest BCUT2D eigenvalue weighted by Crippen LogP contribution is 2.20. The van der Waals surface area contributed by atoms with Gasteiger partial charge in [0, 0.05) is 18.7 Å². The zero-order valence-electron chi connectivity index (χ0n) is 10.3. The lowest BCUT2D eigenvalue weighted by Crippen LogP contribution is -2.29. The van der Waals surface area contributed by atoms with Crippen LogP contribution in [0.3, 0.4) is 0 Å². The van der Waals surface area contributed by atoms with Crippen LogP contribution in [-0.2, 0) is 0 Å². The van der Waals surface area contributed by atoms with Gasteiger partial charge in [-0.3, -0.25) is 4.79 Å². The smallest absolute Gasteiger partial charge is 0.275 e. The highest BCUT2D eigenvalue weighted by atomic mass is 16.3. The number of benzene rings is 1. The molecule has 0 bridgehead atoms. The molecular weight excluding hydrogens is 244 g/mol. The van der Waals surface area contributed by atoms with E-state index in [4.69, 9.17) is 4.42 Å². The molecule has 1 N–H and O–H groups in total. The van der Waals surface area contributed by atoms with Crippen LogP contribution >= 0.6 is 0 Å². The topological polar surface area (TPSA) is 66.6 Å². The number of hydrogen-bond acceptors (Lipinski definition) is 4. The molecule has 5 heteroatoms. The first-order chi connectivity index (χ1) is 9.24. The molecule has 0 radical (unpaired) electrons. The van der Waals surface area contributed by atoms with Crippen LogP contribution in [0.5, 0.6) is 0 Å². The zero-order chi connectivity index (χ0) is 13.2. The molecule has 2 heterocycles. The molecule has 1 atom stereocenters. The summed E-state index contributed by atoms with van der Waals surface area (Å²) in [6.45, 7) is 0.930. The van der Waals surface area contributed by atoms with E-state index in [-0.39, 0.29) is 11.6 Å². The molecular formula is C14H14N2O3. The third-order valence-electron chi connectivity index (χ3n) is 3.19. The Kier molecular flexibility index (Phi) is 3.05. The molecule has 2 aromatic rings. The van der Waals surface area contributed by atoms with E-state index in [1.54, 1.807) is 4.90 Å². The number of hydrogen-bond donors (Lipinski definition) is 1. The molecule has 1 saturated heterocycles. The number of carbonyl (C=O) groups excluding carboxylic acids is 1. The Bertz CT molecular complexity index is 579. The van der Waals surface area contributed by atoms with Gasteiger partial charge in [-0.25, -0.2) is 4.98 Å². The summed E-state index contributed by atoms with van der Waals surface area (Å²) < 4.78 is 5.34. The minimum atomic E-state index is -0.426. The van der Waals surface area contributed by atoms with Crippen LogP contribution < -0.4 is 0 Å². The monoisotopic (exact) mass is 258 g/mol. The lowest BCUT2D eigenvalue weighted by Gasteiger charge is -2.12. The van der Waals surface area contributed by atoms with Crippen LogP contribution in [0.25, 0.3) is 11.5 Å². The van der Waals surface area contributed by atoms with Crippen LogP contribution in [-0.4, -0.2) is 40.1 Å². The summed E-state index contributed by atoms with van der Waals surface area (Å²) in [6, 6.07) is 9.43. The van der Waals surface area contributed by atoms with Crippen LogP contribution in [0, 0.1) is 0 Å². The summed E-state index contributed by atoms with van der Waals surface area (Å²) in [5.41, 5.74) is 1.12. The third kappa shape index (κ3) is 2.37. The number of aliphatic hydroxyl groups excluding tert-OH is 1. The molecule has 3 rings (SSSR count). The van der Waals surface area contributed by atoms with Crippen molar-refractivity contribution in [1.29, 1.82) is 0 Å². The molecule has 0 unspecified atom stereocenters. The minimum Gasteiger partial charge on any atom is -0.444 e. The van der Waals surface area contributed by atoms with Crippen LogP contribution in [0.2, 0.25) is 0 Å². The third-order valence-corrected chi connectivity index (χ3v) is 3.19. The van der Waals surface area contributed by atoms with Crippen molar-refractivity contribution in [2.45, 2.75) is 12.5 Å². The Morgan fingerprint density at radius 1 is 1.37 bits per heavy atom. The van der Waals surface area contributed by atoms with Gasteiger partial charge < -0.3 is 14.4 Å². The molecule has 1 aromatic carbocycles. The van der Waals surface area contributed by atoms with E-state index >= 15 is 0 Å². The van der Waals surface area contributed by atoms with E-state index < -0.39 is 6.10 Å². The molecule has 0 spiro atoms. The first-order valence-corrected chi connectivity index (χ1v) is 6.22. The Morgan fingerprint density at radius 3 is 2.84 bits per heavy atom. The van der Waals surface area contributed by atoms with Crippen molar-refractivity contribution in [2.75, 3.05) is 13.1 Å². The average Bonchev–Trinajstić information content (AvgIpc) is 3.08. The van der Waals surface area contributed by atoms with Crippen LogP contribution in [0.4, 0.5) is 0 Å². The summed E-state index contributed by atoms with van der Waals surface area (Å²) in [6.07, 6.45) is 1.56. The quantitative estimate of drug-likeness (QED) is 0.887. The predicted molar refractivity (Wildman–Crippen MR) is 68.5 cm³/mol. The van der Waals surface area contributed by atoms with Crippen molar-refractivity contribution in [3.8, 4) is 11.5 Å². The number of aromatic nitrogens is 1. The fourth-order valence-electron chi connectivity index (χ4n) is 2.17. The van der Waals surface area contributed by atoms with Crippen molar-refractivity contribution in [2.24, 2.45) is 0 Å². The summed E-state index contributed by atoms with van der Waals surface area (Å²) in [5.74, 6) is 0.242. The van der Waals surface area contributed by atoms with E-state index in [2.05, 4.69) is 4.98 Å². The van der Waals surface area contributed by atoms with Gasteiger partial charge >= 0.3 is 0 Å². The van der Waals surface area contributed by atoms with Crippen molar-refractivity contribution in [3.05, 3.63) is 42.3 Å². The molecule has 1 fully saturated rings. The predicted octanol–water partition coefficient (Wildman–Crippen LogP) is 1.55. The van der Waals surface area contributed by atoms with Crippen molar-refractivity contribution in [3.63, 3.8) is 0 Å². The van der Waals surface area contributed by atoms with E-state index in [9.17, 15) is 9.90 Å². The highest BCUT2D eigenvalue weighted by Gasteiger charge is 2.27. The number of rotatable bonds is 2. The molecule has 0 saturated carbocycles. The summed E-state index contributed by atoms with van der Waals surface area (Å²) in [5, 5.41) is 9.44. The molecule has 98 valence electrons. The van der Waals surface area contributed by atoms with Crippen molar-refractivity contribution < 1.29 is 14.3 Å². The lowest BCUT2D eigenvalue weighted by atomic mass is 10.2. The fourth-order valence-corrected chi connectivity index (χ4v) is 2.17. The number of likely N-dealkylation sites (tertiary alicyclic amines) is 1. The lowest BCUT2D eigenvalue weighted by molar-refractivity contribution is 0.0759. The number of aliphatic hydroxyl groups is 1. The molecule has 1 aliphatic rings. The molecule has 1 amide bonds. The van der Waals surface area contributed by atoms with Gasteiger partial charge in [-0.15, -0.1) is 0 Å². The van der Waals surface area contributed by atoms with Gasteiger partial charge in [-0.05, 0) is 18.6 Å². The minimum absolute atomic E-state index is 0.192. The Labute approximate surface area is 110 Å². The highest BCUT2D eigenvalue weighted by molar-refractivity contribution is 5.92.